The van der Waals surface area contributed by atoms with Crippen LogP contribution in [-0.2, 0) is 17.9 Å². The molecule has 0 atom stereocenters. The number of nitrogens with zero attached hydrogens (tertiary/aromatic N) is 1. The molecule has 1 saturated heterocycles. The first-order chi connectivity index (χ1) is 12.2. The van der Waals surface area contributed by atoms with Crippen molar-refractivity contribution in [2.24, 2.45) is 5.92 Å². The second kappa shape index (κ2) is 8.07. The predicted molar refractivity (Wildman–Crippen MR) is 93.2 cm³/mol. The van der Waals surface area contributed by atoms with Crippen LogP contribution >= 0.6 is 0 Å². The van der Waals surface area contributed by atoms with Crippen molar-refractivity contribution in [3.8, 4) is 11.5 Å². The van der Waals surface area contributed by atoms with Gasteiger partial charge < -0.3 is 19.6 Å². The molecule has 6 heteroatoms. The summed E-state index contributed by atoms with van der Waals surface area (Å²) in [6, 6.07) is 9.19. The van der Waals surface area contributed by atoms with Crippen molar-refractivity contribution in [3.63, 3.8) is 0 Å². The Morgan fingerprint density at radius 1 is 1.32 bits per heavy atom. The fourth-order valence-electron chi connectivity index (χ4n) is 3.19. The van der Waals surface area contributed by atoms with Gasteiger partial charge in [0.05, 0.1) is 19.9 Å². The maximum Gasteiger partial charge on any atom is 0.223 e. The quantitative estimate of drug-likeness (QED) is 0.842. The number of phenolic OH excluding ortho intramolecular Hbond substituents is 1. The minimum absolute atomic E-state index is 0.0325. The molecule has 2 heterocycles. The number of amides is 1. The second-order valence-electron chi connectivity index (χ2n) is 6.32. The van der Waals surface area contributed by atoms with Gasteiger partial charge in [-0.15, -0.1) is 0 Å². The van der Waals surface area contributed by atoms with Crippen molar-refractivity contribution in [2.75, 3.05) is 20.2 Å². The van der Waals surface area contributed by atoms with E-state index >= 15 is 0 Å². The summed E-state index contributed by atoms with van der Waals surface area (Å²) in [5.74, 6) is 1.57. The van der Waals surface area contributed by atoms with Gasteiger partial charge in [0.2, 0.25) is 5.91 Å². The van der Waals surface area contributed by atoms with Crippen molar-refractivity contribution in [2.45, 2.75) is 25.9 Å². The van der Waals surface area contributed by atoms with Gasteiger partial charge in [0.1, 0.15) is 5.76 Å². The summed E-state index contributed by atoms with van der Waals surface area (Å²) < 4.78 is 10.4. The molecule has 1 fully saturated rings. The summed E-state index contributed by atoms with van der Waals surface area (Å²) in [5.41, 5.74) is 0.847. The number of phenols is 1. The summed E-state index contributed by atoms with van der Waals surface area (Å²) in [6.07, 6.45) is 3.23. The van der Waals surface area contributed by atoms with E-state index in [1.807, 2.05) is 24.3 Å². The molecule has 1 amide bonds. The van der Waals surface area contributed by atoms with Crippen LogP contribution in [0.2, 0.25) is 0 Å². The Hall–Kier alpha value is -2.47. The first-order valence-electron chi connectivity index (χ1n) is 8.54. The largest absolute Gasteiger partial charge is 0.504 e. The van der Waals surface area contributed by atoms with E-state index in [9.17, 15) is 9.90 Å². The third-order valence-corrected chi connectivity index (χ3v) is 4.67. The van der Waals surface area contributed by atoms with Crippen LogP contribution in [0.15, 0.2) is 41.0 Å². The minimum Gasteiger partial charge on any atom is -0.504 e. The Bertz CT molecular complexity index is 691. The number of hydrogen-bond donors (Lipinski definition) is 2. The van der Waals surface area contributed by atoms with Gasteiger partial charge in [0, 0.05) is 18.0 Å². The van der Waals surface area contributed by atoms with Crippen molar-refractivity contribution in [1.82, 2.24) is 10.2 Å². The lowest BCUT2D eigenvalue weighted by molar-refractivity contribution is -0.126. The molecule has 0 saturated carbocycles. The van der Waals surface area contributed by atoms with Crippen LogP contribution in [0.25, 0.3) is 0 Å². The molecule has 1 aliphatic heterocycles. The molecule has 0 unspecified atom stereocenters. The zero-order valence-corrected chi connectivity index (χ0v) is 14.4. The molecule has 0 radical (unpaired) electrons. The molecule has 0 aliphatic carbocycles. The topological polar surface area (TPSA) is 74.9 Å². The molecular weight excluding hydrogens is 320 g/mol. The molecular formula is C19H24N2O4. The average Bonchev–Trinajstić information content (AvgIpc) is 3.16. The molecule has 134 valence electrons. The highest BCUT2D eigenvalue weighted by Crippen LogP contribution is 2.31. The fraction of sp³-hybridized carbons (Fsp3) is 0.421. The standard InChI is InChI=1S/C19H24N2O4/c1-24-17-6-2-4-15(18(17)22)13-21-9-7-14(8-10-21)19(23)20-12-16-5-3-11-25-16/h2-6,11,14,22H,7-10,12-13H2,1H3,(H,20,23). The molecule has 3 rings (SSSR count). The number of benzene rings is 1. The van der Waals surface area contributed by atoms with Crippen LogP contribution in [0.5, 0.6) is 11.5 Å². The first-order valence-corrected chi connectivity index (χ1v) is 8.54. The van der Waals surface area contributed by atoms with Gasteiger partial charge in [-0.2, -0.15) is 0 Å². The van der Waals surface area contributed by atoms with Crippen LogP contribution in [-0.4, -0.2) is 36.1 Å². The van der Waals surface area contributed by atoms with Crippen molar-refractivity contribution < 1.29 is 19.1 Å². The lowest BCUT2D eigenvalue weighted by Gasteiger charge is -2.31. The number of likely N-dealkylation sites (tertiary alicyclic amines) is 1. The van der Waals surface area contributed by atoms with E-state index in [2.05, 4.69) is 10.2 Å². The van der Waals surface area contributed by atoms with Crippen molar-refractivity contribution in [3.05, 3.63) is 47.9 Å². The third-order valence-electron chi connectivity index (χ3n) is 4.67. The smallest absolute Gasteiger partial charge is 0.223 e. The Morgan fingerprint density at radius 2 is 2.12 bits per heavy atom. The number of piperidine rings is 1. The third kappa shape index (κ3) is 4.33. The Morgan fingerprint density at radius 3 is 2.80 bits per heavy atom. The monoisotopic (exact) mass is 344 g/mol. The number of rotatable bonds is 6. The first kappa shape index (κ1) is 17.4. The van der Waals surface area contributed by atoms with E-state index in [0.717, 1.165) is 37.3 Å². The minimum atomic E-state index is 0.0325. The average molecular weight is 344 g/mol. The second-order valence-corrected chi connectivity index (χ2v) is 6.32. The van der Waals surface area contributed by atoms with E-state index in [1.165, 1.54) is 0 Å². The van der Waals surface area contributed by atoms with Gasteiger partial charge >= 0.3 is 0 Å². The number of hydrogen-bond acceptors (Lipinski definition) is 5. The number of aromatic hydroxyl groups is 1. The summed E-state index contributed by atoms with van der Waals surface area (Å²) >= 11 is 0. The molecule has 1 aromatic carbocycles. The lowest BCUT2D eigenvalue weighted by Crippen LogP contribution is -2.40. The Balaban J connectivity index is 1.48. The number of para-hydroxylation sites is 1. The molecule has 0 bridgehead atoms. The number of methoxy groups -OCH3 is 1. The number of nitrogens with one attached hydrogen (secondary N) is 1. The number of ether oxygens (including phenoxy) is 1. The maximum atomic E-state index is 12.3. The highest BCUT2D eigenvalue weighted by molar-refractivity contribution is 5.78. The Kier molecular flexibility index (Phi) is 5.60. The van der Waals surface area contributed by atoms with Gasteiger partial charge in [0.15, 0.2) is 11.5 Å². The van der Waals surface area contributed by atoms with E-state index in [4.69, 9.17) is 9.15 Å². The molecule has 0 spiro atoms. The van der Waals surface area contributed by atoms with Gasteiger partial charge in [-0.1, -0.05) is 12.1 Å². The van der Waals surface area contributed by atoms with E-state index in [1.54, 1.807) is 19.4 Å². The zero-order chi connectivity index (χ0) is 17.6. The molecule has 2 N–H and O–H groups in total. The number of carbonyl (C=O) groups is 1. The van der Waals surface area contributed by atoms with Gasteiger partial charge in [0.25, 0.3) is 0 Å². The van der Waals surface area contributed by atoms with Crippen molar-refractivity contribution in [1.29, 1.82) is 0 Å². The number of carbonyl (C=O) groups excluding carboxylic acids is 1. The fourth-order valence-corrected chi connectivity index (χ4v) is 3.19. The van der Waals surface area contributed by atoms with Crippen LogP contribution in [0.1, 0.15) is 24.2 Å². The SMILES string of the molecule is COc1cccc(CN2CCC(C(=O)NCc3ccco3)CC2)c1O. The summed E-state index contributed by atoms with van der Waals surface area (Å²) in [4.78, 5) is 14.5. The van der Waals surface area contributed by atoms with E-state index < -0.39 is 0 Å². The molecule has 1 aliphatic rings. The van der Waals surface area contributed by atoms with Gasteiger partial charge in [-0.25, -0.2) is 0 Å². The number of furan rings is 1. The van der Waals surface area contributed by atoms with Gasteiger partial charge in [-0.05, 0) is 44.1 Å². The highest BCUT2D eigenvalue weighted by Gasteiger charge is 2.25. The lowest BCUT2D eigenvalue weighted by atomic mass is 9.95. The summed E-state index contributed by atoms with van der Waals surface area (Å²) in [7, 11) is 1.55. The molecule has 1 aromatic heterocycles. The van der Waals surface area contributed by atoms with E-state index in [-0.39, 0.29) is 17.6 Å². The van der Waals surface area contributed by atoms with Crippen LogP contribution < -0.4 is 10.1 Å². The highest BCUT2D eigenvalue weighted by atomic mass is 16.5. The molecule has 25 heavy (non-hydrogen) atoms. The van der Waals surface area contributed by atoms with Crippen LogP contribution in [0.4, 0.5) is 0 Å². The predicted octanol–water partition coefficient (Wildman–Crippen LogP) is 2.52. The maximum absolute atomic E-state index is 12.3. The van der Waals surface area contributed by atoms with Gasteiger partial charge in [-0.3, -0.25) is 9.69 Å². The van der Waals surface area contributed by atoms with Crippen LogP contribution in [0.3, 0.4) is 0 Å². The van der Waals surface area contributed by atoms with Crippen molar-refractivity contribution >= 4 is 5.91 Å². The zero-order valence-electron chi connectivity index (χ0n) is 14.4. The Labute approximate surface area is 147 Å². The normalized spacial score (nSPS) is 15.9. The molecule has 2 aromatic rings. The van der Waals surface area contributed by atoms with E-state index in [0.29, 0.717) is 18.8 Å². The summed E-state index contributed by atoms with van der Waals surface area (Å²) in [5, 5.41) is 13.1. The van der Waals surface area contributed by atoms with Crippen LogP contribution in [0, 0.1) is 5.92 Å². The molecule has 6 nitrogen and oxygen atoms in total. The summed E-state index contributed by atoms with van der Waals surface area (Å²) in [6.45, 7) is 2.75.